The van der Waals surface area contributed by atoms with Crippen LogP contribution in [0.5, 0.6) is 0 Å². The largest absolute Gasteiger partial charge is 0.351 e. The van der Waals surface area contributed by atoms with Gasteiger partial charge in [0.25, 0.3) is 0 Å². The molecule has 0 aliphatic heterocycles. The molecule has 2 heteroatoms. The average Bonchev–Trinajstić information content (AvgIpc) is 3.52. The molecule has 2 nitrogen and oxygen atoms in total. The fourth-order valence-corrected chi connectivity index (χ4v) is 7.06. The van der Waals surface area contributed by atoms with Crippen molar-refractivity contribution in [3.63, 3.8) is 0 Å². The van der Waals surface area contributed by atoms with Gasteiger partial charge in [-0.3, -0.25) is 0 Å². The van der Waals surface area contributed by atoms with Crippen molar-refractivity contribution < 1.29 is 0 Å². The second kappa shape index (κ2) is 12.1. The number of aryl methyl sites for hydroxylation is 3. The van der Waals surface area contributed by atoms with Crippen molar-refractivity contribution in [2.75, 3.05) is 0 Å². The molecule has 0 N–H and O–H groups in total. The number of fused-ring (bicyclic) bond motifs is 9. The minimum absolute atomic E-state index is 1.18. The molecule has 6 aromatic rings. The van der Waals surface area contributed by atoms with Crippen LogP contribution in [0.1, 0.15) is 89.7 Å². The van der Waals surface area contributed by atoms with Gasteiger partial charge in [0.2, 0.25) is 0 Å². The molecular weight excluding hydrogens is 484 g/mol. The predicted molar refractivity (Wildman–Crippen MR) is 177 cm³/mol. The number of unbranched alkanes of at least 4 members (excludes halogenated alkanes) is 11. The van der Waals surface area contributed by atoms with Gasteiger partial charge in [-0.15, -0.1) is 0 Å². The van der Waals surface area contributed by atoms with Crippen LogP contribution in [0.3, 0.4) is 0 Å². The van der Waals surface area contributed by atoms with Crippen LogP contribution < -0.4 is 0 Å². The summed E-state index contributed by atoms with van der Waals surface area (Å²) in [6.07, 6.45) is 20.2. The first-order chi connectivity index (χ1) is 19.7. The smallest absolute Gasteiger partial charge is 0.0486 e. The van der Waals surface area contributed by atoms with E-state index in [0.717, 1.165) is 0 Å². The normalized spacial score (nSPS) is 12.2. The Morgan fingerprint density at radius 1 is 0.450 bits per heavy atom. The molecule has 0 spiro atoms. The summed E-state index contributed by atoms with van der Waals surface area (Å²) < 4.78 is 4.64. The molecule has 0 aliphatic carbocycles. The van der Waals surface area contributed by atoms with Crippen molar-refractivity contribution in [3.05, 3.63) is 72.6 Å². The molecule has 0 fully saturated rings. The number of hydrogen-bond donors (Lipinski definition) is 0. The van der Waals surface area contributed by atoms with Crippen LogP contribution >= 0.6 is 0 Å². The fourth-order valence-electron chi connectivity index (χ4n) is 7.06. The highest BCUT2D eigenvalue weighted by molar-refractivity contribution is 6.24. The Bertz CT molecular complexity index is 1760. The number of nitrogens with zero attached hydrogens (tertiary/aromatic N) is 2. The second-order valence-corrected chi connectivity index (χ2v) is 12.2. The Balaban J connectivity index is 1.14. The molecule has 2 heterocycles. The monoisotopic (exact) mass is 530 g/mol. The predicted octanol–water partition coefficient (Wildman–Crippen LogP) is 11.4. The lowest BCUT2D eigenvalue weighted by atomic mass is 9.94. The molecule has 6 rings (SSSR count). The van der Waals surface area contributed by atoms with Crippen molar-refractivity contribution in [3.8, 4) is 0 Å². The summed E-state index contributed by atoms with van der Waals surface area (Å²) in [6.45, 7) is 2.30. The van der Waals surface area contributed by atoms with Crippen LogP contribution in [0.15, 0.2) is 66.9 Å². The molecule has 0 saturated heterocycles. The SMILES string of the molecule is CCCCCCCCCCCCCCc1cc2c3ccc4c(ccc5c4ccc4c5ccn4C)c3ccc2n1C. The molecule has 2 aromatic heterocycles. The van der Waals surface area contributed by atoms with Gasteiger partial charge in [-0.1, -0.05) is 114 Å². The highest BCUT2D eigenvalue weighted by Crippen LogP contribution is 2.37. The third kappa shape index (κ3) is 5.14. The van der Waals surface area contributed by atoms with Gasteiger partial charge in [0.1, 0.15) is 0 Å². The summed E-state index contributed by atoms with van der Waals surface area (Å²) in [5, 5.41) is 10.9. The molecule has 4 aromatic carbocycles. The summed E-state index contributed by atoms with van der Waals surface area (Å²) in [4.78, 5) is 0. The molecule has 0 radical (unpaired) electrons. The first-order valence-corrected chi connectivity index (χ1v) is 16.0. The Hall–Kier alpha value is -3.26. The van der Waals surface area contributed by atoms with Crippen LogP contribution in [-0.4, -0.2) is 9.13 Å². The zero-order valence-corrected chi connectivity index (χ0v) is 24.9. The van der Waals surface area contributed by atoms with Crippen molar-refractivity contribution >= 4 is 54.1 Å². The Kier molecular flexibility index (Phi) is 8.14. The van der Waals surface area contributed by atoms with Crippen molar-refractivity contribution in [1.29, 1.82) is 0 Å². The van der Waals surface area contributed by atoms with E-state index in [1.807, 2.05) is 0 Å². The van der Waals surface area contributed by atoms with Gasteiger partial charge in [0.15, 0.2) is 0 Å². The summed E-state index contributed by atoms with van der Waals surface area (Å²) in [6, 6.07) is 23.4. The lowest BCUT2D eigenvalue weighted by Crippen LogP contribution is -1.96. The van der Waals surface area contributed by atoms with E-state index in [4.69, 9.17) is 0 Å². The second-order valence-electron chi connectivity index (χ2n) is 12.2. The van der Waals surface area contributed by atoms with Gasteiger partial charge in [-0.25, -0.2) is 0 Å². The van der Waals surface area contributed by atoms with E-state index in [-0.39, 0.29) is 0 Å². The van der Waals surface area contributed by atoms with E-state index in [2.05, 4.69) is 97.0 Å². The van der Waals surface area contributed by atoms with Crippen LogP contribution in [0.4, 0.5) is 0 Å². The third-order valence-electron chi connectivity index (χ3n) is 9.47. The van der Waals surface area contributed by atoms with Gasteiger partial charge in [0, 0.05) is 47.8 Å². The number of rotatable bonds is 13. The molecule has 40 heavy (non-hydrogen) atoms. The average molecular weight is 531 g/mol. The van der Waals surface area contributed by atoms with E-state index < -0.39 is 0 Å². The standard InChI is InChI=1S/C38H46N2/c1-4-5-6-7-8-9-10-11-12-13-14-15-16-28-27-36-34-20-18-29-30(32(34)22-24-38(36)40(28)3)17-19-33-31(29)21-23-37-35(33)25-26-39(37)2/h17-27H,4-16H2,1-3H3. The van der Waals surface area contributed by atoms with Crippen LogP contribution in [0.25, 0.3) is 54.1 Å². The topological polar surface area (TPSA) is 9.86 Å². The van der Waals surface area contributed by atoms with E-state index in [1.165, 1.54) is 143 Å². The Morgan fingerprint density at radius 2 is 0.900 bits per heavy atom. The third-order valence-corrected chi connectivity index (χ3v) is 9.47. The highest BCUT2D eigenvalue weighted by atomic mass is 14.9. The molecule has 0 atom stereocenters. The van der Waals surface area contributed by atoms with Crippen molar-refractivity contribution in [1.82, 2.24) is 9.13 Å². The molecule has 0 saturated carbocycles. The maximum atomic E-state index is 2.47. The minimum Gasteiger partial charge on any atom is -0.351 e. The number of hydrogen-bond acceptors (Lipinski definition) is 0. The number of aromatic nitrogens is 2. The summed E-state index contributed by atoms with van der Waals surface area (Å²) in [7, 11) is 4.38. The first kappa shape index (κ1) is 26.9. The zero-order valence-electron chi connectivity index (χ0n) is 24.9. The molecule has 208 valence electrons. The first-order valence-electron chi connectivity index (χ1n) is 16.0. The van der Waals surface area contributed by atoms with E-state index >= 15 is 0 Å². The Morgan fingerprint density at radius 3 is 1.48 bits per heavy atom. The van der Waals surface area contributed by atoms with E-state index in [0.29, 0.717) is 0 Å². The van der Waals surface area contributed by atoms with Gasteiger partial charge in [-0.2, -0.15) is 0 Å². The lowest BCUT2D eigenvalue weighted by Gasteiger charge is -2.10. The molecular formula is C38H46N2. The van der Waals surface area contributed by atoms with Crippen molar-refractivity contribution in [2.45, 2.75) is 90.4 Å². The van der Waals surface area contributed by atoms with Gasteiger partial charge in [-0.05, 0) is 69.4 Å². The van der Waals surface area contributed by atoms with E-state index in [9.17, 15) is 0 Å². The number of benzene rings is 4. The van der Waals surface area contributed by atoms with Crippen LogP contribution in [0, 0.1) is 0 Å². The summed E-state index contributed by atoms with van der Waals surface area (Å²) in [5.41, 5.74) is 4.12. The van der Waals surface area contributed by atoms with Gasteiger partial charge >= 0.3 is 0 Å². The quantitative estimate of drug-likeness (QED) is 0.104. The van der Waals surface area contributed by atoms with Crippen molar-refractivity contribution in [2.24, 2.45) is 14.1 Å². The molecule has 0 unspecified atom stereocenters. The summed E-state index contributed by atoms with van der Waals surface area (Å²) >= 11 is 0. The van der Waals surface area contributed by atoms with Gasteiger partial charge in [0.05, 0.1) is 0 Å². The van der Waals surface area contributed by atoms with Crippen LogP contribution in [0.2, 0.25) is 0 Å². The molecule has 0 amide bonds. The maximum absolute atomic E-state index is 2.47. The summed E-state index contributed by atoms with van der Waals surface area (Å²) in [5.74, 6) is 0. The fraction of sp³-hybridized carbons (Fsp3) is 0.421. The zero-order chi connectivity index (χ0) is 27.5. The molecule has 0 aliphatic rings. The van der Waals surface area contributed by atoms with Crippen LogP contribution in [-0.2, 0) is 20.5 Å². The maximum Gasteiger partial charge on any atom is 0.0486 e. The van der Waals surface area contributed by atoms with Gasteiger partial charge < -0.3 is 9.13 Å². The minimum atomic E-state index is 1.18. The lowest BCUT2D eigenvalue weighted by molar-refractivity contribution is 0.542. The Labute approximate surface area is 240 Å². The van der Waals surface area contributed by atoms with E-state index in [1.54, 1.807) is 0 Å². The molecule has 0 bridgehead atoms. The highest BCUT2D eigenvalue weighted by Gasteiger charge is 2.13.